The third-order valence-electron chi connectivity index (χ3n) is 3.48. The Balaban J connectivity index is 1.87. The molecule has 1 aromatic heterocycles. The lowest BCUT2D eigenvalue weighted by Crippen LogP contribution is -2.28. The Kier molecular flexibility index (Phi) is 2.82. The van der Waals surface area contributed by atoms with Crippen molar-refractivity contribution in [2.24, 2.45) is 0 Å². The molecule has 0 N–H and O–H groups in total. The van der Waals surface area contributed by atoms with Gasteiger partial charge in [-0.05, 0) is 38.3 Å². The van der Waals surface area contributed by atoms with Crippen molar-refractivity contribution in [2.45, 2.75) is 33.2 Å². The fourth-order valence-corrected chi connectivity index (χ4v) is 2.66. The fraction of sp³-hybridized carbons (Fsp3) is 0.400. The molecular weight excluding hydrogens is 224 g/mol. The van der Waals surface area contributed by atoms with E-state index in [2.05, 4.69) is 35.2 Å². The first kappa shape index (κ1) is 11.3. The molecule has 18 heavy (non-hydrogen) atoms. The first-order valence-corrected chi connectivity index (χ1v) is 6.49. The Bertz CT molecular complexity index is 559. The maximum atomic E-state index is 5.14. The molecule has 0 atom stereocenters. The Morgan fingerprint density at radius 3 is 2.94 bits per heavy atom. The summed E-state index contributed by atoms with van der Waals surface area (Å²) >= 11 is 0. The van der Waals surface area contributed by atoms with Gasteiger partial charge in [0.05, 0.1) is 6.54 Å². The van der Waals surface area contributed by atoms with Gasteiger partial charge >= 0.3 is 0 Å². The van der Waals surface area contributed by atoms with Gasteiger partial charge in [-0.1, -0.05) is 22.9 Å². The van der Waals surface area contributed by atoms with E-state index in [-0.39, 0.29) is 0 Å². The Labute approximate surface area is 107 Å². The number of hydrogen-bond acceptors (Lipinski definition) is 3. The molecule has 0 aliphatic carbocycles. The van der Waals surface area contributed by atoms with Crippen molar-refractivity contribution in [1.82, 2.24) is 5.16 Å². The van der Waals surface area contributed by atoms with E-state index in [4.69, 9.17) is 4.52 Å². The highest BCUT2D eigenvalue weighted by Crippen LogP contribution is 2.29. The van der Waals surface area contributed by atoms with Crippen LogP contribution in [-0.4, -0.2) is 11.7 Å². The van der Waals surface area contributed by atoms with Crippen LogP contribution < -0.4 is 4.90 Å². The highest BCUT2D eigenvalue weighted by Gasteiger charge is 2.17. The summed E-state index contributed by atoms with van der Waals surface area (Å²) in [5.74, 6) is 0.881. The van der Waals surface area contributed by atoms with Crippen LogP contribution in [0.1, 0.15) is 29.0 Å². The topological polar surface area (TPSA) is 29.3 Å². The van der Waals surface area contributed by atoms with E-state index >= 15 is 0 Å². The zero-order valence-corrected chi connectivity index (χ0v) is 10.9. The second-order valence-electron chi connectivity index (χ2n) is 5.09. The molecule has 0 saturated heterocycles. The molecule has 3 nitrogen and oxygen atoms in total. The molecule has 3 rings (SSSR count). The zero-order chi connectivity index (χ0) is 12.5. The van der Waals surface area contributed by atoms with Crippen LogP contribution in [0.2, 0.25) is 0 Å². The predicted octanol–water partition coefficient (Wildman–Crippen LogP) is 3.24. The van der Waals surface area contributed by atoms with Crippen LogP contribution in [0.4, 0.5) is 5.69 Å². The van der Waals surface area contributed by atoms with Crippen molar-refractivity contribution in [2.75, 3.05) is 11.4 Å². The molecule has 0 saturated carbocycles. The summed E-state index contributed by atoms with van der Waals surface area (Å²) in [4.78, 5) is 2.40. The van der Waals surface area contributed by atoms with Gasteiger partial charge in [0.25, 0.3) is 0 Å². The lowest BCUT2D eigenvalue weighted by Gasteiger charge is -2.30. The second-order valence-corrected chi connectivity index (χ2v) is 5.09. The van der Waals surface area contributed by atoms with Gasteiger partial charge in [-0.2, -0.15) is 0 Å². The van der Waals surface area contributed by atoms with Crippen LogP contribution >= 0.6 is 0 Å². The quantitative estimate of drug-likeness (QED) is 0.809. The number of anilines is 1. The van der Waals surface area contributed by atoms with E-state index in [1.165, 1.54) is 29.7 Å². The normalized spacial score (nSPS) is 14.7. The van der Waals surface area contributed by atoms with E-state index in [1.807, 2.05) is 13.0 Å². The van der Waals surface area contributed by atoms with E-state index in [0.717, 1.165) is 24.5 Å². The number of hydrogen-bond donors (Lipinski definition) is 0. The summed E-state index contributed by atoms with van der Waals surface area (Å²) in [6.45, 7) is 6.03. The lowest BCUT2D eigenvalue weighted by atomic mass is 9.99. The van der Waals surface area contributed by atoms with Crippen LogP contribution in [0.15, 0.2) is 28.8 Å². The van der Waals surface area contributed by atoms with E-state index in [9.17, 15) is 0 Å². The standard InChI is InChI=1S/C15H18N2O/c1-11-5-6-15-13(8-11)4-3-7-17(15)10-14-9-12(2)18-16-14/h5-6,8-9H,3-4,7,10H2,1-2H3. The van der Waals surface area contributed by atoms with Gasteiger partial charge in [0.15, 0.2) is 0 Å². The van der Waals surface area contributed by atoms with Crippen molar-refractivity contribution in [1.29, 1.82) is 0 Å². The van der Waals surface area contributed by atoms with Crippen molar-refractivity contribution >= 4 is 5.69 Å². The molecule has 1 aliphatic heterocycles. The van der Waals surface area contributed by atoms with Gasteiger partial charge < -0.3 is 9.42 Å². The fourth-order valence-electron chi connectivity index (χ4n) is 2.66. The molecule has 0 radical (unpaired) electrons. The average molecular weight is 242 g/mol. The summed E-state index contributed by atoms with van der Waals surface area (Å²) in [7, 11) is 0. The van der Waals surface area contributed by atoms with Crippen LogP contribution in [-0.2, 0) is 13.0 Å². The Morgan fingerprint density at radius 1 is 1.28 bits per heavy atom. The molecule has 1 aromatic carbocycles. The molecule has 94 valence electrons. The number of fused-ring (bicyclic) bond motifs is 1. The number of aromatic nitrogens is 1. The molecule has 0 bridgehead atoms. The van der Waals surface area contributed by atoms with Gasteiger partial charge in [-0.25, -0.2) is 0 Å². The van der Waals surface area contributed by atoms with E-state index < -0.39 is 0 Å². The van der Waals surface area contributed by atoms with Crippen molar-refractivity contribution in [3.8, 4) is 0 Å². The minimum absolute atomic E-state index is 0.841. The molecule has 0 fully saturated rings. The first-order valence-electron chi connectivity index (χ1n) is 6.49. The SMILES string of the molecule is Cc1ccc2c(c1)CCCN2Cc1cc(C)on1. The first-order chi connectivity index (χ1) is 8.72. The molecular formula is C15H18N2O. The monoisotopic (exact) mass is 242 g/mol. The second kappa shape index (κ2) is 4.48. The number of rotatable bonds is 2. The van der Waals surface area contributed by atoms with Crippen LogP contribution in [0.25, 0.3) is 0 Å². The Morgan fingerprint density at radius 2 is 2.17 bits per heavy atom. The molecule has 1 aliphatic rings. The third kappa shape index (κ3) is 2.13. The summed E-state index contributed by atoms with van der Waals surface area (Å²) < 4.78 is 5.14. The molecule has 3 heteroatoms. The maximum Gasteiger partial charge on any atom is 0.133 e. The minimum Gasteiger partial charge on any atom is -0.365 e. The van der Waals surface area contributed by atoms with Crippen LogP contribution in [0, 0.1) is 13.8 Å². The van der Waals surface area contributed by atoms with Crippen LogP contribution in [0.3, 0.4) is 0 Å². The number of nitrogens with zero attached hydrogens (tertiary/aromatic N) is 2. The predicted molar refractivity (Wildman–Crippen MR) is 71.8 cm³/mol. The number of aryl methyl sites for hydroxylation is 3. The minimum atomic E-state index is 0.841. The van der Waals surface area contributed by atoms with Crippen molar-refractivity contribution in [3.63, 3.8) is 0 Å². The van der Waals surface area contributed by atoms with Gasteiger partial charge in [0, 0.05) is 18.3 Å². The lowest BCUT2D eigenvalue weighted by molar-refractivity contribution is 0.389. The largest absolute Gasteiger partial charge is 0.365 e. The average Bonchev–Trinajstić information content (AvgIpc) is 2.75. The van der Waals surface area contributed by atoms with Gasteiger partial charge in [-0.15, -0.1) is 0 Å². The van der Waals surface area contributed by atoms with Crippen molar-refractivity contribution in [3.05, 3.63) is 46.8 Å². The zero-order valence-electron chi connectivity index (χ0n) is 10.9. The smallest absolute Gasteiger partial charge is 0.133 e. The van der Waals surface area contributed by atoms with Gasteiger partial charge in [0.1, 0.15) is 11.5 Å². The highest BCUT2D eigenvalue weighted by atomic mass is 16.5. The summed E-state index contributed by atoms with van der Waals surface area (Å²) in [5.41, 5.74) is 5.17. The summed E-state index contributed by atoms with van der Waals surface area (Å²) in [5, 5.41) is 4.08. The number of benzene rings is 1. The van der Waals surface area contributed by atoms with E-state index in [1.54, 1.807) is 0 Å². The summed E-state index contributed by atoms with van der Waals surface area (Å²) in [6.07, 6.45) is 2.40. The molecule has 2 aromatic rings. The molecule has 0 unspecified atom stereocenters. The van der Waals surface area contributed by atoms with Gasteiger partial charge in [-0.3, -0.25) is 0 Å². The molecule has 0 spiro atoms. The summed E-state index contributed by atoms with van der Waals surface area (Å²) in [6, 6.07) is 8.74. The molecule has 0 amide bonds. The van der Waals surface area contributed by atoms with Gasteiger partial charge in [0.2, 0.25) is 0 Å². The van der Waals surface area contributed by atoms with Crippen molar-refractivity contribution < 1.29 is 4.52 Å². The Hall–Kier alpha value is -1.77. The van der Waals surface area contributed by atoms with E-state index in [0.29, 0.717) is 0 Å². The molecule has 2 heterocycles. The highest BCUT2D eigenvalue weighted by molar-refractivity contribution is 5.56. The third-order valence-corrected chi connectivity index (χ3v) is 3.48. The van der Waals surface area contributed by atoms with Crippen LogP contribution in [0.5, 0.6) is 0 Å². The maximum absolute atomic E-state index is 5.14.